The molecule has 0 fully saturated rings. The van der Waals surface area contributed by atoms with Gasteiger partial charge in [0.1, 0.15) is 6.17 Å². The fourth-order valence-corrected chi connectivity index (χ4v) is 6.12. The Hall–Kier alpha value is -2.95. The molecule has 2 heterocycles. The third-order valence-electron chi connectivity index (χ3n) is 5.95. The second-order valence-electron chi connectivity index (χ2n) is 7.81. The third kappa shape index (κ3) is 3.01. The topological polar surface area (TPSA) is 15.6 Å². The SMILES string of the molecule is CN1C(c2ccccc2)=c2ccccc2=NC1c1cccc2c1sc1ccc(Br)cc12. The van der Waals surface area contributed by atoms with E-state index in [1.165, 1.54) is 42.2 Å². The molecule has 1 aliphatic rings. The van der Waals surface area contributed by atoms with Gasteiger partial charge in [0.15, 0.2) is 0 Å². The fraction of sp³-hybridized carbons (Fsp3) is 0.0741. The Kier molecular flexibility index (Phi) is 4.44. The summed E-state index contributed by atoms with van der Waals surface area (Å²) in [5, 5.41) is 4.81. The van der Waals surface area contributed by atoms with Crippen LogP contribution >= 0.6 is 27.3 Å². The maximum absolute atomic E-state index is 5.21. The van der Waals surface area contributed by atoms with Crippen LogP contribution in [0.2, 0.25) is 0 Å². The summed E-state index contributed by atoms with van der Waals surface area (Å²) in [6.45, 7) is 0. The van der Waals surface area contributed by atoms with Crippen LogP contribution in [-0.4, -0.2) is 11.9 Å². The minimum absolute atomic E-state index is 0.0784. The number of benzene rings is 4. The van der Waals surface area contributed by atoms with Crippen molar-refractivity contribution in [2.75, 3.05) is 7.05 Å². The van der Waals surface area contributed by atoms with Crippen LogP contribution in [0.3, 0.4) is 0 Å². The molecule has 1 unspecified atom stereocenters. The largest absolute Gasteiger partial charge is 0.348 e. The summed E-state index contributed by atoms with van der Waals surface area (Å²) in [4.78, 5) is 7.54. The second-order valence-corrected chi connectivity index (χ2v) is 9.78. The number of halogens is 1. The van der Waals surface area contributed by atoms with Crippen molar-refractivity contribution < 1.29 is 0 Å². The minimum atomic E-state index is -0.0784. The highest BCUT2D eigenvalue weighted by Crippen LogP contribution is 2.41. The highest BCUT2D eigenvalue weighted by molar-refractivity contribution is 9.10. The van der Waals surface area contributed by atoms with Gasteiger partial charge in [-0.05, 0) is 29.8 Å². The Labute approximate surface area is 192 Å². The molecule has 0 radical (unpaired) electrons. The Morgan fingerprint density at radius 3 is 2.52 bits per heavy atom. The lowest BCUT2D eigenvalue weighted by Gasteiger charge is -2.33. The molecule has 0 N–H and O–H groups in total. The number of para-hydroxylation sites is 1. The number of hydrogen-bond acceptors (Lipinski definition) is 3. The van der Waals surface area contributed by atoms with E-state index in [4.69, 9.17) is 4.99 Å². The molecule has 0 aliphatic carbocycles. The quantitative estimate of drug-likeness (QED) is 0.290. The first-order valence-electron chi connectivity index (χ1n) is 10.3. The summed E-state index contributed by atoms with van der Waals surface area (Å²) in [6, 6.07) is 32.3. The highest BCUT2D eigenvalue weighted by atomic mass is 79.9. The molecule has 1 aliphatic heterocycles. The van der Waals surface area contributed by atoms with Crippen molar-refractivity contribution in [3.05, 3.63) is 117 Å². The van der Waals surface area contributed by atoms with Crippen LogP contribution in [0, 0.1) is 0 Å². The molecular weight excluding hydrogens is 464 g/mol. The van der Waals surface area contributed by atoms with E-state index in [0.29, 0.717) is 0 Å². The van der Waals surface area contributed by atoms with E-state index in [9.17, 15) is 0 Å². The smallest absolute Gasteiger partial charge is 0.149 e. The maximum Gasteiger partial charge on any atom is 0.149 e. The molecule has 0 bridgehead atoms. The lowest BCUT2D eigenvalue weighted by Crippen LogP contribution is -2.40. The van der Waals surface area contributed by atoms with Gasteiger partial charge in [-0.1, -0.05) is 82.7 Å². The fourth-order valence-electron chi connectivity index (χ4n) is 4.55. The molecule has 1 atom stereocenters. The van der Waals surface area contributed by atoms with E-state index in [1.807, 2.05) is 11.3 Å². The number of nitrogens with zero attached hydrogens (tertiary/aromatic N) is 2. The summed E-state index contributed by atoms with van der Waals surface area (Å²) in [7, 11) is 2.16. The van der Waals surface area contributed by atoms with Crippen molar-refractivity contribution in [2.45, 2.75) is 6.17 Å². The molecule has 5 aromatic rings. The zero-order valence-corrected chi connectivity index (χ0v) is 19.3. The van der Waals surface area contributed by atoms with Gasteiger partial charge in [-0.15, -0.1) is 11.3 Å². The molecule has 0 saturated carbocycles. The number of thiophene rings is 1. The molecule has 1 aromatic heterocycles. The van der Waals surface area contributed by atoms with Gasteiger partial charge >= 0.3 is 0 Å². The lowest BCUT2D eigenvalue weighted by atomic mass is 10.0. The minimum Gasteiger partial charge on any atom is -0.348 e. The second kappa shape index (κ2) is 7.33. The van der Waals surface area contributed by atoms with Gasteiger partial charge in [0.2, 0.25) is 0 Å². The first-order valence-corrected chi connectivity index (χ1v) is 11.9. The van der Waals surface area contributed by atoms with E-state index < -0.39 is 0 Å². The summed E-state index contributed by atoms with van der Waals surface area (Å²) >= 11 is 5.49. The zero-order chi connectivity index (χ0) is 20.9. The number of fused-ring (bicyclic) bond motifs is 4. The molecule has 4 heteroatoms. The standard InChI is InChI=1S/C27H19BrN2S/c1-30-25(17-8-3-2-4-9-17)20-10-5-6-13-23(20)29-27(30)21-12-7-11-19-22-16-18(28)14-15-24(22)31-26(19)21/h2-16,27H,1H3. The molecule has 0 amide bonds. The van der Waals surface area contributed by atoms with Crippen LogP contribution in [0.1, 0.15) is 17.3 Å². The first kappa shape index (κ1) is 18.8. The monoisotopic (exact) mass is 482 g/mol. The van der Waals surface area contributed by atoms with E-state index in [2.05, 4.69) is 119 Å². The molecule has 150 valence electrons. The molecule has 31 heavy (non-hydrogen) atoms. The number of rotatable bonds is 2. The number of hydrogen-bond donors (Lipinski definition) is 0. The van der Waals surface area contributed by atoms with Crippen molar-refractivity contribution in [1.82, 2.24) is 4.90 Å². The van der Waals surface area contributed by atoms with Crippen LogP contribution in [-0.2, 0) is 0 Å². The lowest BCUT2D eigenvalue weighted by molar-refractivity contribution is 0.353. The Morgan fingerprint density at radius 1 is 0.839 bits per heavy atom. The van der Waals surface area contributed by atoms with E-state index in [1.54, 1.807) is 0 Å². The van der Waals surface area contributed by atoms with Crippen molar-refractivity contribution in [3.63, 3.8) is 0 Å². The van der Waals surface area contributed by atoms with Crippen LogP contribution in [0.5, 0.6) is 0 Å². The highest BCUT2D eigenvalue weighted by Gasteiger charge is 2.26. The van der Waals surface area contributed by atoms with Crippen LogP contribution in [0.15, 0.2) is 100 Å². The normalized spacial score (nSPS) is 15.9. The Bertz CT molecular complexity index is 1570. The van der Waals surface area contributed by atoms with E-state index in [-0.39, 0.29) is 6.17 Å². The third-order valence-corrected chi connectivity index (χ3v) is 7.68. The summed E-state index contributed by atoms with van der Waals surface area (Å²) in [5.41, 5.74) is 3.68. The molecule has 0 spiro atoms. The van der Waals surface area contributed by atoms with E-state index >= 15 is 0 Å². The predicted molar refractivity (Wildman–Crippen MR) is 134 cm³/mol. The van der Waals surface area contributed by atoms with E-state index in [0.717, 1.165) is 9.83 Å². The van der Waals surface area contributed by atoms with Crippen LogP contribution in [0.4, 0.5) is 0 Å². The average Bonchev–Trinajstić information content (AvgIpc) is 3.17. The zero-order valence-electron chi connectivity index (χ0n) is 16.9. The van der Waals surface area contributed by atoms with Gasteiger partial charge in [-0.2, -0.15) is 0 Å². The van der Waals surface area contributed by atoms with Gasteiger partial charge in [-0.25, -0.2) is 0 Å². The van der Waals surface area contributed by atoms with Gasteiger partial charge in [0.05, 0.1) is 11.1 Å². The maximum atomic E-state index is 5.21. The summed E-state index contributed by atoms with van der Waals surface area (Å²) in [5.74, 6) is 0. The van der Waals surface area contributed by atoms with Gasteiger partial charge in [0.25, 0.3) is 0 Å². The Morgan fingerprint density at radius 2 is 1.65 bits per heavy atom. The molecule has 2 nitrogen and oxygen atoms in total. The molecule has 4 aromatic carbocycles. The molecule has 6 rings (SSSR count). The van der Waals surface area contributed by atoms with Crippen LogP contribution in [0.25, 0.3) is 25.9 Å². The van der Waals surface area contributed by atoms with Crippen molar-refractivity contribution >= 4 is 53.1 Å². The summed E-state index contributed by atoms with van der Waals surface area (Å²) < 4.78 is 3.72. The van der Waals surface area contributed by atoms with Gasteiger partial charge in [-0.3, -0.25) is 4.99 Å². The van der Waals surface area contributed by atoms with Crippen molar-refractivity contribution in [2.24, 2.45) is 4.99 Å². The van der Waals surface area contributed by atoms with Crippen LogP contribution < -0.4 is 10.6 Å². The van der Waals surface area contributed by atoms with Crippen molar-refractivity contribution in [3.8, 4) is 0 Å². The van der Waals surface area contributed by atoms with Gasteiger partial charge in [0, 0.05) is 42.5 Å². The molecule has 0 saturated heterocycles. The average molecular weight is 483 g/mol. The Balaban J connectivity index is 1.63. The summed E-state index contributed by atoms with van der Waals surface area (Å²) in [6.07, 6.45) is -0.0784. The molecular formula is C27H19BrN2S. The predicted octanol–water partition coefficient (Wildman–Crippen LogP) is 6.24. The van der Waals surface area contributed by atoms with Crippen molar-refractivity contribution in [1.29, 1.82) is 0 Å². The van der Waals surface area contributed by atoms with Gasteiger partial charge < -0.3 is 4.90 Å². The first-order chi connectivity index (χ1) is 15.2.